The van der Waals surface area contributed by atoms with Gasteiger partial charge in [0, 0.05) is 51.1 Å². The first kappa shape index (κ1) is 25.7. The third-order valence-corrected chi connectivity index (χ3v) is 5.87. The quantitative estimate of drug-likeness (QED) is 0.284. The second kappa shape index (κ2) is 13.1. The average Bonchev–Trinajstić information content (AvgIpc) is 3.40. The zero-order valence-corrected chi connectivity index (χ0v) is 21.3. The fourth-order valence-electron chi connectivity index (χ4n) is 4.10. The molecule has 2 fully saturated rings. The van der Waals surface area contributed by atoms with E-state index in [-0.39, 0.29) is 30.1 Å². The van der Waals surface area contributed by atoms with Crippen LogP contribution >= 0.6 is 24.0 Å². The van der Waals surface area contributed by atoms with Crippen LogP contribution in [0.5, 0.6) is 5.75 Å². The summed E-state index contributed by atoms with van der Waals surface area (Å²) in [6.45, 7) is 7.95. The number of likely N-dealkylation sites (tertiary alicyclic amines) is 1. The Kier molecular flexibility index (Phi) is 10.9. The first-order chi connectivity index (χ1) is 14.6. The van der Waals surface area contributed by atoms with E-state index in [1.54, 1.807) is 7.05 Å². The summed E-state index contributed by atoms with van der Waals surface area (Å²) < 4.78 is 11.6. The van der Waals surface area contributed by atoms with Crippen LogP contribution in [0.4, 0.5) is 0 Å². The van der Waals surface area contributed by atoms with E-state index in [2.05, 4.69) is 47.7 Å². The molecule has 2 heterocycles. The maximum absolute atomic E-state index is 12.0. The molecule has 0 aliphatic carbocycles. The van der Waals surface area contributed by atoms with Crippen LogP contribution < -0.4 is 15.4 Å². The highest BCUT2D eigenvalue weighted by molar-refractivity contribution is 14.0. The molecule has 31 heavy (non-hydrogen) atoms. The van der Waals surface area contributed by atoms with Crippen LogP contribution in [0.3, 0.4) is 0 Å². The molecule has 1 aromatic rings. The Morgan fingerprint density at radius 1 is 1.39 bits per heavy atom. The molecule has 2 N–H and O–H groups in total. The van der Waals surface area contributed by atoms with E-state index in [0.29, 0.717) is 31.5 Å². The number of ether oxygens (including phenoxy) is 2. The van der Waals surface area contributed by atoms with Gasteiger partial charge in [-0.15, -0.1) is 24.0 Å². The highest BCUT2D eigenvalue weighted by Gasteiger charge is 2.26. The van der Waals surface area contributed by atoms with E-state index in [1.165, 1.54) is 5.56 Å². The van der Waals surface area contributed by atoms with Crippen LogP contribution in [-0.2, 0) is 16.1 Å². The molecule has 2 unspecified atom stereocenters. The zero-order valence-electron chi connectivity index (χ0n) is 19.0. The Morgan fingerprint density at radius 2 is 2.23 bits per heavy atom. The maximum atomic E-state index is 12.0. The number of carbonyl (C=O) groups is 1. The second-order valence-corrected chi connectivity index (χ2v) is 8.11. The highest BCUT2D eigenvalue weighted by Crippen LogP contribution is 2.24. The van der Waals surface area contributed by atoms with Crippen molar-refractivity contribution in [2.45, 2.75) is 64.6 Å². The summed E-state index contributed by atoms with van der Waals surface area (Å²) in [6, 6.07) is 6.60. The van der Waals surface area contributed by atoms with Crippen LogP contribution in [0.2, 0.25) is 0 Å². The Labute approximate surface area is 203 Å². The SMILES string of the molecule is CCC(CCNC(=NC)NCc1ccc(C)cc1OC1CCOC1)N1CCCC1=O.I. The molecule has 1 amide bonds. The van der Waals surface area contributed by atoms with Crippen molar-refractivity contribution in [3.05, 3.63) is 29.3 Å². The van der Waals surface area contributed by atoms with Crippen molar-refractivity contribution in [1.82, 2.24) is 15.5 Å². The van der Waals surface area contributed by atoms with Gasteiger partial charge in [-0.25, -0.2) is 0 Å². The van der Waals surface area contributed by atoms with E-state index >= 15 is 0 Å². The average molecular weight is 544 g/mol. The van der Waals surface area contributed by atoms with Gasteiger partial charge < -0.3 is 25.0 Å². The minimum Gasteiger partial charge on any atom is -0.488 e. The van der Waals surface area contributed by atoms with Gasteiger partial charge in [0.15, 0.2) is 5.96 Å². The van der Waals surface area contributed by atoms with Gasteiger partial charge in [0.2, 0.25) is 5.91 Å². The highest BCUT2D eigenvalue weighted by atomic mass is 127. The minimum atomic E-state index is 0. The number of carbonyl (C=O) groups excluding carboxylic acids is 1. The number of rotatable bonds is 9. The fraction of sp³-hybridized carbons (Fsp3) is 0.652. The fourth-order valence-corrected chi connectivity index (χ4v) is 4.10. The number of nitrogens with one attached hydrogen (secondary N) is 2. The van der Waals surface area contributed by atoms with Gasteiger partial charge in [-0.05, 0) is 37.8 Å². The Balaban J connectivity index is 0.00000341. The number of amides is 1. The molecular weight excluding hydrogens is 507 g/mol. The molecule has 8 heteroatoms. The van der Waals surface area contributed by atoms with Crippen molar-refractivity contribution in [2.75, 3.05) is 33.4 Å². The summed E-state index contributed by atoms with van der Waals surface area (Å²) in [6.07, 6.45) is 4.64. The molecule has 0 radical (unpaired) electrons. The number of halogens is 1. The van der Waals surface area contributed by atoms with Gasteiger partial charge in [0.05, 0.1) is 13.2 Å². The monoisotopic (exact) mass is 544 g/mol. The number of hydrogen-bond acceptors (Lipinski definition) is 4. The summed E-state index contributed by atoms with van der Waals surface area (Å²) in [4.78, 5) is 18.4. The topological polar surface area (TPSA) is 75.2 Å². The molecule has 2 saturated heterocycles. The van der Waals surface area contributed by atoms with Gasteiger partial charge in [-0.1, -0.05) is 19.1 Å². The lowest BCUT2D eigenvalue weighted by atomic mass is 10.1. The van der Waals surface area contributed by atoms with E-state index in [0.717, 1.165) is 62.7 Å². The molecule has 0 aromatic heterocycles. The zero-order chi connectivity index (χ0) is 21.3. The number of hydrogen-bond donors (Lipinski definition) is 2. The maximum Gasteiger partial charge on any atom is 0.222 e. The smallest absolute Gasteiger partial charge is 0.222 e. The summed E-state index contributed by atoms with van der Waals surface area (Å²) in [5.41, 5.74) is 2.28. The summed E-state index contributed by atoms with van der Waals surface area (Å²) in [5.74, 6) is 1.96. The number of aryl methyl sites for hydroxylation is 1. The van der Waals surface area contributed by atoms with Gasteiger partial charge >= 0.3 is 0 Å². The number of nitrogens with zero attached hydrogens (tertiary/aromatic N) is 2. The van der Waals surface area contributed by atoms with Crippen molar-refractivity contribution in [3.63, 3.8) is 0 Å². The number of guanidine groups is 1. The lowest BCUT2D eigenvalue weighted by Gasteiger charge is -2.27. The van der Waals surface area contributed by atoms with Crippen LogP contribution in [0, 0.1) is 6.92 Å². The van der Waals surface area contributed by atoms with Crippen LogP contribution in [0.1, 0.15) is 50.2 Å². The predicted molar refractivity (Wildman–Crippen MR) is 134 cm³/mol. The van der Waals surface area contributed by atoms with Gasteiger partial charge in [-0.2, -0.15) is 0 Å². The largest absolute Gasteiger partial charge is 0.488 e. The van der Waals surface area contributed by atoms with Crippen molar-refractivity contribution in [3.8, 4) is 5.75 Å². The molecule has 0 saturated carbocycles. The predicted octanol–water partition coefficient (Wildman–Crippen LogP) is 3.24. The standard InChI is InChI=1S/C23H36N4O3.HI/c1-4-19(27-12-5-6-22(27)28)9-11-25-23(24-3)26-15-18-8-7-17(2)14-21(18)30-20-10-13-29-16-20;/h7-8,14,19-20H,4-6,9-13,15-16H2,1-3H3,(H2,24,25,26);1H. The Hall–Kier alpha value is -1.55. The van der Waals surface area contributed by atoms with Crippen molar-refractivity contribution in [2.24, 2.45) is 4.99 Å². The van der Waals surface area contributed by atoms with Crippen LogP contribution in [-0.4, -0.2) is 62.3 Å². The summed E-state index contributed by atoms with van der Waals surface area (Å²) >= 11 is 0. The van der Waals surface area contributed by atoms with E-state index in [1.807, 2.05) is 4.90 Å². The molecule has 3 rings (SSSR count). The van der Waals surface area contributed by atoms with E-state index in [9.17, 15) is 4.79 Å². The Morgan fingerprint density at radius 3 is 2.87 bits per heavy atom. The first-order valence-electron chi connectivity index (χ1n) is 11.2. The molecule has 174 valence electrons. The van der Waals surface area contributed by atoms with Gasteiger partial charge in [0.1, 0.15) is 11.9 Å². The molecular formula is C23H37IN4O3. The summed E-state index contributed by atoms with van der Waals surface area (Å²) in [7, 11) is 1.78. The lowest BCUT2D eigenvalue weighted by Crippen LogP contribution is -2.41. The van der Waals surface area contributed by atoms with Crippen molar-refractivity contribution < 1.29 is 14.3 Å². The van der Waals surface area contributed by atoms with E-state index in [4.69, 9.17) is 9.47 Å². The normalized spacial score (nSPS) is 19.8. The number of aliphatic imine (C=N–C) groups is 1. The van der Waals surface area contributed by atoms with Crippen molar-refractivity contribution >= 4 is 35.8 Å². The Bertz CT molecular complexity index is 738. The van der Waals surface area contributed by atoms with Crippen LogP contribution in [0.25, 0.3) is 0 Å². The minimum absolute atomic E-state index is 0. The molecule has 0 spiro atoms. The molecule has 2 atom stereocenters. The molecule has 1 aromatic carbocycles. The van der Waals surface area contributed by atoms with Gasteiger partial charge in [-0.3, -0.25) is 9.79 Å². The molecule has 7 nitrogen and oxygen atoms in total. The first-order valence-corrected chi connectivity index (χ1v) is 11.2. The third kappa shape index (κ3) is 7.52. The molecule has 0 bridgehead atoms. The second-order valence-electron chi connectivity index (χ2n) is 8.11. The third-order valence-electron chi connectivity index (χ3n) is 5.87. The summed E-state index contributed by atoms with van der Waals surface area (Å²) in [5, 5.41) is 6.77. The van der Waals surface area contributed by atoms with Crippen LogP contribution in [0.15, 0.2) is 23.2 Å². The number of benzene rings is 1. The van der Waals surface area contributed by atoms with Gasteiger partial charge in [0.25, 0.3) is 0 Å². The van der Waals surface area contributed by atoms with Crippen molar-refractivity contribution in [1.29, 1.82) is 0 Å². The molecule has 2 aliphatic rings. The molecule has 2 aliphatic heterocycles. The van der Waals surface area contributed by atoms with E-state index < -0.39 is 0 Å². The lowest BCUT2D eigenvalue weighted by molar-refractivity contribution is -0.129.